The molecule has 0 aliphatic rings. The molecule has 0 saturated carbocycles. The maximum atomic E-state index is 6.11. The Hall–Kier alpha value is -0.990. The summed E-state index contributed by atoms with van der Waals surface area (Å²) < 4.78 is 7.66. The summed E-state index contributed by atoms with van der Waals surface area (Å²) in [6, 6.07) is 8.04. The van der Waals surface area contributed by atoms with Crippen LogP contribution in [0.3, 0.4) is 0 Å². The average Bonchev–Trinajstić information content (AvgIpc) is 2.70. The standard InChI is InChI=1S/C13H16ClNO/c1-2-9-16-10-8-15-7-6-11-12(14)4-3-5-13(11)15/h3-7H,2,8-10H2,1H3. The summed E-state index contributed by atoms with van der Waals surface area (Å²) in [6.45, 7) is 4.58. The molecular weight excluding hydrogens is 222 g/mol. The van der Waals surface area contributed by atoms with Gasteiger partial charge in [0, 0.05) is 35.3 Å². The third-order valence-electron chi connectivity index (χ3n) is 2.59. The molecule has 0 atom stereocenters. The number of halogens is 1. The summed E-state index contributed by atoms with van der Waals surface area (Å²) in [5.74, 6) is 0. The van der Waals surface area contributed by atoms with Crippen LogP contribution in [0.4, 0.5) is 0 Å². The van der Waals surface area contributed by atoms with Crippen molar-refractivity contribution >= 4 is 22.5 Å². The number of ether oxygens (including phenoxy) is 1. The molecule has 0 saturated heterocycles. The number of aromatic nitrogens is 1. The molecule has 86 valence electrons. The van der Waals surface area contributed by atoms with E-state index in [9.17, 15) is 0 Å². The number of hydrogen-bond acceptors (Lipinski definition) is 1. The number of nitrogens with zero attached hydrogens (tertiary/aromatic N) is 1. The Kier molecular flexibility index (Phi) is 3.86. The first kappa shape index (κ1) is 11.5. The van der Waals surface area contributed by atoms with Gasteiger partial charge in [0.05, 0.1) is 6.61 Å². The molecule has 2 aromatic rings. The first-order chi connectivity index (χ1) is 7.83. The Balaban J connectivity index is 2.10. The van der Waals surface area contributed by atoms with Crippen molar-refractivity contribution in [1.29, 1.82) is 0 Å². The lowest BCUT2D eigenvalue weighted by atomic mass is 10.2. The highest BCUT2D eigenvalue weighted by molar-refractivity contribution is 6.35. The maximum Gasteiger partial charge on any atom is 0.0645 e. The van der Waals surface area contributed by atoms with E-state index in [0.717, 1.165) is 36.6 Å². The largest absolute Gasteiger partial charge is 0.380 e. The monoisotopic (exact) mass is 237 g/mol. The first-order valence-corrected chi connectivity index (χ1v) is 6.02. The van der Waals surface area contributed by atoms with E-state index in [4.69, 9.17) is 16.3 Å². The minimum absolute atomic E-state index is 0.754. The lowest BCUT2D eigenvalue weighted by molar-refractivity contribution is 0.127. The van der Waals surface area contributed by atoms with Crippen LogP contribution in [0, 0.1) is 0 Å². The molecule has 2 rings (SSSR count). The van der Waals surface area contributed by atoms with E-state index in [2.05, 4.69) is 29.8 Å². The van der Waals surface area contributed by atoms with Gasteiger partial charge < -0.3 is 9.30 Å². The molecule has 0 aliphatic carbocycles. The van der Waals surface area contributed by atoms with Gasteiger partial charge in [0.15, 0.2) is 0 Å². The van der Waals surface area contributed by atoms with Crippen LogP contribution in [-0.2, 0) is 11.3 Å². The smallest absolute Gasteiger partial charge is 0.0645 e. The Morgan fingerprint density at radius 1 is 1.25 bits per heavy atom. The van der Waals surface area contributed by atoms with Gasteiger partial charge in [-0.1, -0.05) is 24.6 Å². The lowest BCUT2D eigenvalue weighted by Gasteiger charge is -2.06. The molecule has 1 aromatic heterocycles. The van der Waals surface area contributed by atoms with Crippen molar-refractivity contribution in [3.63, 3.8) is 0 Å². The lowest BCUT2D eigenvalue weighted by Crippen LogP contribution is -2.05. The van der Waals surface area contributed by atoms with E-state index in [1.807, 2.05) is 12.1 Å². The Morgan fingerprint density at radius 3 is 2.94 bits per heavy atom. The fourth-order valence-electron chi connectivity index (χ4n) is 1.79. The van der Waals surface area contributed by atoms with E-state index in [0.29, 0.717) is 0 Å². The van der Waals surface area contributed by atoms with Crippen LogP contribution in [-0.4, -0.2) is 17.8 Å². The van der Waals surface area contributed by atoms with Crippen molar-refractivity contribution in [2.24, 2.45) is 0 Å². The van der Waals surface area contributed by atoms with Crippen LogP contribution in [0.2, 0.25) is 5.02 Å². The highest BCUT2D eigenvalue weighted by Gasteiger charge is 2.03. The van der Waals surface area contributed by atoms with Crippen LogP contribution >= 0.6 is 11.6 Å². The van der Waals surface area contributed by atoms with Crippen LogP contribution in [0.5, 0.6) is 0 Å². The first-order valence-electron chi connectivity index (χ1n) is 5.64. The molecular formula is C13H16ClNO. The normalized spacial score (nSPS) is 11.1. The molecule has 2 nitrogen and oxygen atoms in total. The van der Waals surface area contributed by atoms with Crippen molar-refractivity contribution in [3.05, 3.63) is 35.5 Å². The fraction of sp³-hybridized carbons (Fsp3) is 0.385. The SMILES string of the molecule is CCCOCCn1ccc2c(Cl)cccc21. The van der Waals surface area contributed by atoms with E-state index >= 15 is 0 Å². The number of hydrogen-bond donors (Lipinski definition) is 0. The quantitative estimate of drug-likeness (QED) is 0.723. The van der Waals surface area contributed by atoms with E-state index in [1.165, 1.54) is 5.52 Å². The molecule has 0 N–H and O–H groups in total. The predicted octanol–water partition coefficient (Wildman–Crippen LogP) is 3.72. The van der Waals surface area contributed by atoms with Gasteiger partial charge in [-0.3, -0.25) is 0 Å². The van der Waals surface area contributed by atoms with Gasteiger partial charge in [-0.15, -0.1) is 0 Å². The highest BCUT2D eigenvalue weighted by Crippen LogP contribution is 2.23. The van der Waals surface area contributed by atoms with Gasteiger partial charge in [0.2, 0.25) is 0 Å². The Bertz CT molecular complexity index is 464. The van der Waals surface area contributed by atoms with Gasteiger partial charge in [-0.25, -0.2) is 0 Å². The fourth-order valence-corrected chi connectivity index (χ4v) is 2.02. The third kappa shape index (κ3) is 2.39. The number of benzene rings is 1. The third-order valence-corrected chi connectivity index (χ3v) is 2.92. The van der Waals surface area contributed by atoms with Crippen LogP contribution in [0.25, 0.3) is 10.9 Å². The van der Waals surface area contributed by atoms with Gasteiger partial charge in [0.1, 0.15) is 0 Å². The molecule has 0 aliphatic heterocycles. The molecule has 3 heteroatoms. The number of fused-ring (bicyclic) bond motifs is 1. The van der Waals surface area contributed by atoms with E-state index in [1.54, 1.807) is 0 Å². The zero-order valence-corrected chi connectivity index (χ0v) is 10.2. The second kappa shape index (κ2) is 5.37. The van der Waals surface area contributed by atoms with Crippen molar-refractivity contribution in [2.45, 2.75) is 19.9 Å². The minimum atomic E-state index is 0.754. The summed E-state index contributed by atoms with van der Waals surface area (Å²) in [6.07, 6.45) is 3.13. The van der Waals surface area contributed by atoms with Gasteiger partial charge in [-0.2, -0.15) is 0 Å². The molecule has 16 heavy (non-hydrogen) atoms. The number of rotatable bonds is 5. The summed E-state index contributed by atoms with van der Waals surface area (Å²) in [7, 11) is 0. The Morgan fingerprint density at radius 2 is 2.12 bits per heavy atom. The molecule has 0 unspecified atom stereocenters. The highest BCUT2D eigenvalue weighted by atomic mass is 35.5. The summed E-state index contributed by atoms with van der Waals surface area (Å²) in [5, 5.41) is 1.92. The summed E-state index contributed by atoms with van der Waals surface area (Å²) in [4.78, 5) is 0. The second-order valence-corrected chi connectivity index (χ2v) is 4.20. The van der Waals surface area contributed by atoms with Gasteiger partial charge >= 0.3 is 0 Å². The molecule has 1 heterocycles. The van der Waals surface area contributed by atoms with E-state index in [-0.39, 0.29) is 0 Å². The van der Waals surface area contributed by atoms with Crippen molar-refractivity contribution in [2.75, 3.05) is 13.2 Å². The van der Waals surface area contributed by atoms with Crippen molar-refractivity contribution in [3.8, 4) is 0 Å². The molecule has 0 bridgehead atoms. The van der Waals surface area contributed by atoms with Gasteiger partial charge in [-0.05, 0) is 24.6 Å². The van der Waals surface area contributed by atoms with Crippen molar-refractivity contribution < 1.29 is 4.74 Å². The summed E-state index contributed by atoms with van der Waals surface area (Å²) in [5.41, 5.74) is 1.17. The van der Waals surface area contributed by atoms with Crippen LogP contribution in [0.15, 0.2) is 30.5 Å². The summed E-state index contributed by atoms with van der Waals surface area (Å²) >= 11 is 6.11. The van der Waals surface area contributed by atoms with Crippen LogP contribution < -0.4 is 0 Å². The average molecular weight is 238 g/mol. The zero-order valence-electron chi connectivity index (χ0n) is 9.45. The minimum Gasteiger partial charge on any atom is -0.380 e. The molecule has 0 spiro atoms. The van der Waals surface area contributed by atoms with E-state index < -0.39 is 0 Å². The predicted molar refractivity (Wildman–Crippen MR) is 68.1 cm³/mol. The molecule has 0 fully saturated rings. The Labute approximate surface area is 101 Å². The zero-order chi connectivity index (χ0) is 11.4. The second-order valence-electron chi connectivity index (χ2n) is 3.79. The van der Waals surface area contributed by atoms with Gasteiger partial charge in [0.25, 0.3) is 0 Å². The maximum absolute atomic E-state index is 6.11. The van der Waals surface area contributed by atoms with Crippen molar-refractivity contribution in [1.82, 2.24) is 4.57 Å². The molecule has 1 aromatic carbocycles. The molecule has 0 radical (unpaired) electrons. The molecule has 0 amide bonds. The van der Waals surface area contributed by atoms with Crippen LogP contribution in [0.1, 0.15) is 13.3 Å². The topological polar surface area (TPSA) is 14.2 Å².